The van der Waals surface area contributed by atoms with Crippen LogP contribution in [0.1, 0.15) is 30.5 Å². The van der Waals surface area contributed by atoms with Gasteiger partial charge in [-0.05, 0) is 69.3 Å². The molecule has 0 aliphatic carbocycles. The van der Waals surface area contributed by atoms with Crippen molar-refractivity contribution in [1.82, 2.24) is 20.2 Å². The van der Waals surface area contributed by atoms with Crippen molar-refractivity contribution in [3.05, 3.63) is 52.7 Å². The Hall–Kier alpha value is -2.61. The summed E-state index contributed by atoms with van der Waals surface area (Å²) in [6.45, 7) is 7.49. The van der Waals surface area contributed by atoms with Crippen LogP contribution < -0.4 is 19.9 Å². The smallest absolute Gasteiger partial charge is 0.318 e. The highest BCUT2D eigenvalue weighted by atomic mass is 35.5. The molecular weight excluding hydrogens is 484 g/mol. The molecule has 0 bridgehead atoms. The number of benzene rings is 2. The zero-order valence-electron chi connectivity index (χ0n) is 21.9. The second-order valence-corrected chi connectivity index (χ2v) is 11.1. The maximum atomic E-state index is 6.61. The lowest BCUT2D eigenvalue weighted by Gasteiger charge is -2.34. The van der Waals surface area contributed by atoms with E-state index in [2.05, 4.69) is 51.3 Å². The molecule has 4 aliphatic heterocycles. The number of ether oxygens (including phenoxy) is 1. The van der Waals surface area contributed by atoms with Gasteiger partial charge in [0.15, 0.2) is 0 Å². The fourth-order valence-corrected chi connectivity index (χ4v) is 6.73. The predicted octanol–water partition coefficient (Wildman–Crippen LogP) is 4.36. The van der Waals surface area contributed by atoms with Crippen molar-refractivity contribution >= 4 is 33.9 Å². The van der Waals surface area contributed by atoms with E-state index in [4.69, 9.17) is 26.3 Å². The lowest BCUT2D eigenvalue weighted by molar-refractivity contribution is 0.376. The third-order valence-corrected chi connectivity index (χ3v) is 8.74. The highest BCUT2D eigenvalue weighted by Crippen LogP contribution is 2.39. The van der Waals surface area contributed by atoms with Gasteiger partial charge in [-0.15, -0.1) is 0 Å². The van der Waals surface area contributed by atoms with Crippen molar-refractivity contribution in [2.24, 2.45) is 5.92 Å². The fourth-order valence-electron chi connectivity index (χ4n) is 6.45. The third kappa shape index (κ3) is 4.85. The number of aromatic nitrogens is 2. The lowest BCUT2D eigenvalue weighted by Crippen LogP contribution is -2.38. The number of nitrogens with zero attached hydrogens (tertiary/aromatic N) is 5. The number of hydrogen-bond acceptors (Lipinski definition) is 7. The van der Waals surface area contributed by atoms with E-state index in [1.165, 1.54) is 37.9 Å². The van der Waals surface area contributed by atoms with Gasteiger partial charge in [-0.3, -0.25) is 0 Å². The van der Waals surface area contributed by atoms with Crippen LogP contribution in [-0.4, -0.2) is 74.3 Å². The number of fused-ring (bicyclic) bond motifs is 3. The molecule has 2 atom stereocenters. The first-order valence-electron chi connectivity index (χ1n) is 13.6. The van der Waals surface area contributed by atoms with Crippen molar-refractivity contribution < 1.29 is 4.74 Å². The van der Waals surface area contributed by atoms with Crippen molar-refractivity contribution in [3.63, 3.8) is 0 Å². The summed E-state index contributed by atoms with van der Waals surface area (Å²) in [6, 6.07) is 13.5. The minimum atomic E-state index is 0.459. The van der Waals surface area contributed by atoms with E-state index in [0.29, 0.717) is 12.1 Å². The topological polar surface area (TPSA) is 56.8 Å². The number of nitrogens with one attached hydrogen (secondary N) is 1. The third-order valence-electron chi connectivity index (χ3n) is 8.42. The highest BCUT2D eigenvalue weighted by Gasteiger charge is 2.40. The molecule has 0 spiro atoms. The van der Waals surface area contributed by atoms with E-state index in [0.717, 1.165) is 78.1 Å². The molecule has 0 radical (unpaired) electrons. The van der Waals surface area contributed by atoms with Crippen molar-refractivity contribution in [3.8, 4) is 6.01 Å². The lowest BCUT2D eigenvalue weighted by atomic mass is 10.0. The molecular formula is C29H37ClN6O. The molecule has 7 nitrogen and oxygen atoms in total. The van der Waals surface area contributed by atoms with Gasteiger partial charge in [0, 0.05) is 48.9 Å². The maximum Gasteiger partial charge on any atom is 0.318 e. The number of rotatable bonds is 3. The quantitative estimate of drug-likeness (QED) is 0.550. The zero-order valence-corrected chi connectivity index (χ0v) is 22.7. The Morgan fingerprint density at radius 2 is 1.81 bits per heavy atom. The number of hydrogen-bond donors (Lipinski definition) is 1. The van der Waals surface area contributed by atoms with E-state index in [1.807, 2.05) is 12.1 Å². The fraction of sp³-hybridized carbons (Fsp3) is 0.517. The van der Waals surface area contributed by atoms with Gasteiger partial charge in [-0.25, -0.2) is 0 Å². The van der Waals surface area contributed by atoms with Crippen LogP contribution in [0.5, 0.6) is 6.01 Å². The summed E-state index contributed by atoms with van der Waals surface area (Å²) >= 11 is 6.61. The molecule has 4 aliphatic rings. The molecule has 8 heteroatoms. The van der Waals surface area contributed by atoms with Crippen LogP contribution in [0.4, 0.5) is 11.5 Å². The minimum Gasteiger partial charge on any atom is -0.467 e. The van der Waals surface area contributed by atoms with E-state index in [9.17, 15) is 0 Å². The standard InChI is InChI=1S/C24H26ClN5O.C5H11N/c1-31-24-27-19-14-29(20-7-3-5-15-4-2-6-18(25)22(15)20)10-9-17(19)23(28-24)30-11-8-16-12-26-13-21(16)30;1-6-4-2-3-5-6/h2-7,16,21,26H,8-14H2,1H3;2-5H2,1H3. The molecule has 3 aromatic rings. The van der Waals surface area contributed by atoms with Gasteiger partial charge in [0.1, 0.15) is 5.82 Å². The van der Waals surface area contributed by atoms with Gasteiger partial charge in [0.25, 0.3) is 0 Å². The van der Waals surface area contributed by atoms with E-state index >= 15 is 0 Å². The molecule has 37 heavy (non-hydrogen) atoms. The van der Waals surface area contributed by atoms with Crippen LogP contribution in [0.3, 0.4) is 0 Å². The molecule has 5 heterocycles. The molecule has 0 saturated carbocycles. The van der Waals surface area contributed by atoms with Crippen LogP contribution in [0, 0.1) is 5.92 Å². The summed E-state index contributed by atoms with van der Waals surface area (Å²) in [5.41, 5.74) is 3.50. The van der Waals surface area contributed by atoms with Gasteiger partial charge >= 0.3 is 6.01 Å². The predicted molar refractivity (Wildman–Crippen MR) is 151 cm³/mol. The number of anilines is 2. The van der Waals surface area contributed by atoms with Gasteiger partial charge < -0.3 is 24.8 Å². The SMILES string of the molecule is CN1CCCC1.COc1nc2c(c(N3CCC4CNCC43)n1)CCN(c1cccc3cccc(Cl)c13)C2. The summed E-state index contributed by atoms with van der Waals surface area (Å²) in [7, 11) is 3.83. The Morgan fingerprint density at radius 1 is 1.00 bits per heavy atom. The minimum absolute atomic E-state index is 0.459. The summed E-state index contributed by atoms with van der Waals surface area (Å²) in [6.07, 6.45) is 4.96. The monoisotopic (exact) mass is 520 g/mol. The molecule has 196 valence electrons. The Kier molecular flexibility index (Phi) is 7.10. The molecule has 7 rings (SSSR count). The number of methoxy groups -OCH3 is 1. The molecule has 2 aromatic carbocycles. The Morgan fingerprint density at radius 3 is 2.57 bits per heavy atom. The number of likely N-dealkylation sites (tertiary alicyclic amines) is 1. The van der Waals surface area contributed by atoms with Crippen molar-refractivity contribution in [2.45, 2.75) is 38.3 Å². The molecule has 2 unspecified atom stereocenters. The highest BCUT2D eigenvalue weighted by molar-refractivity contribution is 6.36. The summed E-state index contributed by atoms with van der Waals surface area (Å²) in [4.78, 5) is 16.9. The van der Waals surface area contributed by atoms with Crippen molar-refractivity contribution in [2.75, 3.05) is 63.2 Å². The van der Waals surface area contributed by atoms with Crippen LogP contribution in [0.15, 0.2) is 36.4 Å². The molecule has 1 N–H and O–H groups in total. The van der Waals surface area contributed by atoms with E-state index in [1.54, 1.807) is 7.11 Å². The first-order chi connectivity index (χ1) is 18.1. The largest absolute Gasteiger partial charge is 0.467 e. The molecule has 0 amide bonds. The van der Waals surface area contributed by atoms with Crippen LogP contribution in [-0.2, 0) is 13.0 Å². The van der Waals surface area contributed by atoms with Gasteiger partial charge in [0.05, 0.1) is 24.4 Å². The molecule has 1 aromatic heterocycles. The first-order valence-corrected chi connectivity index (χ1v) is 14.0. The Bertz CT molecular complexity index is 1260. The molecule has 3 fully saturated rings. The number of halogens is 1. The van der Waals surface area contributed by atoms with E-state index < -0.39 is 0 Å². The van der Waals surface area contributed by atoms with Gasteiger partial charge in [0.2, 0.25) is 0 Å². The van der Waals surface area contributed by atoms with Gasteiger partial charge in [-0.2, -0.15) is 9.97 Å². The second-order valence-electron chi connectivity index (χ2n) is 10.7. The normalized spacial score (nSPS) is 23.1. The maximum absolute atomic E-state index is 6.61. The average molecular weight is 521 g/mol. The average Bonchev–Trinajstić information content (AvgIpc) is 3.67. The zero-order chi connectivity index (χ0) is 25.4. The Labute approximate surface area is 224 Å². The first kappa shape index (κ1) is 24.7. The second kappa shape index (κ2) is 10.6. The van der Waals surface area contributed by atoms with Crippen LogP contribution in [0.2, 0.25) is 5.02 Å². The van der Waals surface area contributed by atoms with E-state index in [-0.39, 0.29) is 0 Å². The van der Waals surface area contributed by atoms with Crippen molar-refractivity contribution in [1.29, 1.82) is 0 Å². The Balaban J connectivity index is 0.000000372. The summed E-state index contributed by atoms with van der Waals surface area (Å²) < 4.78 is 5.52. The van der Waals surface area contributed by atoms with Crippen LogP contribution >= 0.6 is 11.6 Å². The summed E-state index contributed by atoms with van der Waals surface area (Å²) in [5, 5.41) is 6.60. The summed E-state index contributed by atoms with van der Waals surface area (Å²) in [5.74, 6) is 1.79. The van der Waals surface area contributed by atoms with Crippen LogP contribution in [0.25, 0.3) is 10.8 Å². The molecule has 3 saturated heterocycles. The van der Waals surface area contributed by atoms with Gasteiger partial charge in [-0.1, -0.05) is 35.9 Å².